The maximum atomic E-state index is 12.8. The summed E-state index contributed by atoms with van der Waals surface area (Å²) in [6.07, 6.45) is 0.445. The van der Waals surface area contributed by atoms with Crippen molar-refractivity contribution < 1.29 is 24.2 Å². The second kappa shape index (κ2) is 11.7. The van der Waals surface area contributed by atoms with Crippen LogP contribution in [0.2, 0.25) is 0 Å². The average Bonchev–Trinajstić information content (AvgIpc) is 3.13. The summed E-state index contributed by atoms with van der Waals surface area (Å²) in [6, 6.07) is 7.68. The van der Waals surface area contributed by atoms with E-state index in [1.54, 1.807) is 25.8 Å². The van der Waals surface area contributed by atoms with Crippen molar-refractivity contribution >= 4 is 39.9 Å². The lowest BCUT2D eigenvalue weighted by Gasteiger charge is -2.26. The number of amides is 2. The fourth-order valence-electron chi connectivity index (χ4n) is 4.54. The Kier molecular flexibility index (Phi) is 9.05. The van der Waals surface area contributed by atoms with E-state index in [9.17, 15) is 14.7 Å². The zero-order valence-corrected chi connectivity index (χ0v) is 23.1. The highest BCUT2D eigenvalue weighted by molar-refractivity contribution is 6.08. The van der Waals surface area contributed by atoms with Crippen LogP contribution in [0.4, 0.5) is 11.5 Å². The third-order valence-electron chi connectivity index (χ3n) is 5.92. The van der Waals surface area contributed by atoms with Crippen LogP contribution < -0.4 is 5.32 Å². The first kappa shape index (κ1) is 28.7. The zero-order valence-electron chi connectivity index (χ0n) is 23.1. The van der Waals surface area contributed by atoms with E-state index in [1.165, 1.54) is 0 Å². The van der Waals surface area contributed by atoms with Crippen molar-refractivity contribution in [1.29, 1.82) is 0 Å². The number of carbonyl (C=O) groups excluding carboxylic acids is 2. The zero-order chi connectivity index (χ0) is 27.4. The molecule has 0 bridgehead atoms. The van der Waals surface area contributed by atoms with Gasteiger partial charge in [-0.25, -0.2) is 4.98 Å². The summed E-state index contributed by atoms with van der Waals surface area (Å²) >= 11 is 0. The molecule has 1 aromatic carbocycles. The molecule has 1 atom stereocenters. The minimum absolute atomic E-state index is 0.0332. The van der Waals surface area contributed by atoms with Gasteiger partial charge < -0.3 is 24.8 Å². The maximum absolute atomic E-state index is 12.8. The minimum atomic E-state index is -0.937. The van der Waals surface area contributed by atoms with E-state index < -0.39 is 11.5 Å². The molecule has 0 saturated carbocycles. The summed E-state index contributed by atoms with van der Waals surface area (Å²) in [6.45, 7) is 12.6. The van der Waals surface area contributed by atoms with E-state index in [0.29, 0.717) is 43.2 Å². The van der Waals surface area contributed by atoms with Crippen LogP contribution in [0.3, 0.4) is 0 Å². The molecule has 2 amide bonds. The molecule has 1 unspecified atom stereocenters. The molecule has 2 aromatic rings. The smallest absolute Gasteiger partial charge is 0.251 e. The number of likely N-dealkylation sites (N-methyl/N-ethyl adjacent to an activating group) is 1. The number of nitrogens with zero attached hydrogens (tertiary/aromatic N) is 3. The molecule has 1 aliphatic heterocycles. The summed E-state index contributed by atoms with van der Waals surface area (Å²) in [5, 5.41) is 14.4. The fraction of sp³-hybridized carbons (Fsp3) is 0.571. The molecule has 37 heavy (non-hydrogen) atoms. The predicted octanol–water partition coefficient (Wildman–Crippen LogP) is 4.06. The number of carbonyl (C=O) groups is 2. The lowest BCUT2D eigenvalue weighted by molar-refractivity contribution is -0.137. The number of anilines is 1. The molecule has 0 aliphatic carbocycles. The molecular weight excluding hydrogens is 472 g/mol. The van der Waals surface area contributed by atoms with Gasteiger partial charge in [-0.3, -0.25) is 14.6 Å². The molecule has 1 aliphatic rings. The van der Waals surface area contributed by atoms with E-state index in [1.807, 2.05) is 31.2 Å². The van der Waals surface area contributed by atoms with Gasteiger partial charge in [0.15, 0.2) is 5.82 Å². The number of ether oxygens (including phenoxy) is 2. The third kappa shape index (κ3) is 7.80. The number of pyridine rings is 1. The number of hydrogen-bond donors (Lipinski definition) is 2. The number of fused-ring (bicyclic) bond motifs is 3. The van der Waals surface area contributed by atoms with Gasteiger partial charge in [0.05, 0.1) is 23.4 Å². The van der Waals surface area contributed by atoms with Gasteiger partial charge in [-0.2, -0.15) is 0 Å². The molecule has 9 nitrogen and oxygen atoms in total. The molecule has 0 radical (unpaired) electrons. The lowest BCUT2D eigenvalue weighted by atomic mass is 9.84. The van der Waals surface area contributed by atoms with Gasteiger partial charge in [-0.1, -0.05) is 39.0 Å². The number of nitrogens with one attached hydrogen (secondary N) is 1. The minimum Gasteiger partial charge on any atom is -0.390 e. The quantitative estimate of drug-likeness (QED) is 0.469. The number of benzene rings is 1. The first-order chi connectivity index (χ1) is 17.3. The molecule has 3 rings (SSSR count). The molecule has 0 saturated heterocycles. The van der Waals surface area contributed by atoms with Crippen LogP contribution in [-0.2, 0) is 19.1 Å². The Morgan fingerprint density at radius 3 is 2.46 bits per heavy atom. The largest absolute Gasteiger partial charge is 0.390 e. The topological polar surface area (TPSA) is 113 Å². The van der Waals surface area contributed by atoms with Crippen molar-refractivity contribution in [3.8, 4) is 0 Å². The Balaban J connectivity index is 1.82. The third-order valence-corrected chi connectivity index (χ3v) is 5.92. The number of hydrogen-bond acceptors (Lipinski definition) is 7. The van der Waals surface area contributed by atoms with E-state index in [0.717, 1.165) is 16.7 Å². The van der Waals surface area contributed by atoms with Crippen LogP contribution in [-0.4, -0.2) is 78.1 Å². The predicted molar refractivity (Wildman–Crippen MR) is 146 cm³/mol. The van der Waals surface area contributed by atoms with Crippen LogP contribution in [0.1, 0.15) is 59.4 Å². The highest BCUT2D eigenvalue weighted by Crippen LogP contribution is 2.47. The Bertz CT molecular complexity index is 1160. The van der Waals surface area contributed by atoms with Crippen molar-refractivity contribution in [3.05, 3.63) is 29.8 Å². The molecule has 0 fully saturated rings. The van der Waals surface area contributed by atoms with Crippen molar-refractivity contribution in [2.24, 2.45) is 10.4 Å². The first-order valence-corrected chi connectivity index (χ1v) is 12.7. The molecule has 9 heteroatoms. The molecule has 202 valence electrons. The van der Waals surface area contributed by atoms with E-state index in [2.05, 4.69) is 31.1 Å². The van der Waals surface area contributed by atoms with Crippen LogP contribution in [0.15, 0.2) is 29.3 Å². The van der Waals surface area contributed by atoms with Gasteiger partial charge in [-0.05, 0) is 44.2 Å². The molecule has 2 N–H and O–H groups in total. The fourth-order valence-corrected chi connectivity index (χ4v) is 4.54. The van der Waals surface area contributed by atoms with Crippen molar-refractivity contribution in [2.45, 2.75) is 59.5 Å². The van der Waals surface area contributed by atoms with Crippen LogP contribution >= 0.6 is 0 Å². The van der Waals surface area contributed by atoms with E-state index in [-0.39, 0.29) is 30.5 Å². The molecule has 0 spiro atoms. The number of para-hydroxylation sites is 1. The highest BCUT2D eigenvalue weighted by atomic mass is 16.5. The molecule has 1 aromatic heterocycles. The van der Waals surface area contributed by atoms with Gasteiger partial charge in [0.25, 0.3) is 5.91 Å². The van der Waals surface area contributed by atoms with Crippen molar-refractivity contribution in [1.82, 2.24) is 9.88 Å². The Hall–Kier alpha value is -2.88. The summed E-state index contributed by atoms with van der Waals surface area (Å²) < 4.78 is 11.1. The average molecular weight is 513 g/mol. The second-order valence-electron chi connectivity index (χ2n) is 11.4. The van der Waals surface area contributed by atoms with Crippen molar-refractivity contribution in [3.63, 3.8) is 0 Å². The summed E-state index contributed by atoms with van der Waals surface area (Å²) in [7, 11) is 1.72. The Morgan fingerprint density at radius 2 is 1.81 bits per heavy atom. The molecule has 2 heterocycles. The monoisotopic (exact) mass is 512 g/mol. The van der Waals surface area contributed by atoms with Crippen LogP contribution in [0.25, 0.3) is 10.9 Å². The molecular formula is C28H40N4O5. The van der Waals surface area contributed by atoms with E-state index >= 15 is 0 Å². The maximum Gasteiger partial charge on any atom is 0.251 e. The summed E-state index contributed by atoms with van der Waals surface area (Å²) in [4.78, 5) is 36.2. The second-order valence-corrected chi connectivity index (χ2v) is 11.4. The van der Waals surface area contributed by atoms with Crippen LogP contribution in [0.5, 0.6) is 0 Å². The van der Waals surface area contributed by atoms with Crippen molar-refractivity contribution in [2.75, 3.05) is 45.3 Å². The SMILES string of the molecule is CCOCC1=Nc2c(NC(=O)COCC(=O)N(C)CC(C)(C)C)nc3ccccc3c2C1CC(C)(C)O. The number of rotatable bonds is 11. The number of aliphatic imine (C=N–C) groups is 1. The Labute approximate surface area is 219 Å². The van der Waals surface area contributed by atoms with E-state index in [4.69, 9.17) is 14.5 Å². The van der Waals surface area contributed by atoms with Gasteiger partial charge in [0, 0.05) is 31.5 Å². The number of aliphatic hydroxyl groups is 1. The van der Waals surface area contributed by atoms with Gasteiger partial charge in [0.1, 0.15) is 18.9 Å². The standard InChI is InChI=1S/C28H40N4O5/c1-8-36-14-21-19(13-28(5,6)35)24-18-11-9-10-12-20(18)30-26(25(24)29-21)31-22(33)15-37-16-23(34)32(7)17-27(2,3)4/h9-12,19,35H,8,13-17H2,1-7H3,(H,30,31,33). The first-order valence-electron chi connectivity index (χ1n) is 12.7. The van der Waals surface area contributed by atoms with Gasteiger partial charge in [0.2, 0.25) is 5.91 Å². The highest BCUT2D eigenvalue weighted by Gasteiger charge is 2.35. The summed E-state index contributed by atoms with van der Waals surface area (Å²) in [5.41, 5.74) is 2.01. The van der Waals surface area contributed by atoms with Gasteiger partial charge in [-0.15, -0.1) is 0 Å². The van der Waals surface area contributed by atoms with Crippen LogP contribution in [0, 0.1) is 5.41 Å². The van der Waals surface area contributed by atoms with Gasteiger partial charge >= 0.3 is 0 Å². The number of aromatic nitrogens is 1. The summed E-state index contributed by atoms with van der Waals surface area (Å²) in [5.74, 6) is -0.473. The Morgan fingerprint density at radius 1 is 1.11 bits per heavy atom. The lowest BCUT2D eigenvalue weighted by Crippen LogP contribution is -2.37. The normalized spacial score (nSPS) is 15.5.